The molecular formula is C31H25NSi. The fourth-order valence-corrected chi connectivity index (χ4v) is 9.26. The first-order valence-corrected chi connectivity index (χ1v) is 14.7. The number of aryl methyl sites for hydroxylation is 1. The lowest BCUT2D eigenvalue weighted by atomic mass is 9.98. The number of nitrogens with zero attached hydrogens (tertiary/aromatic N) is 1. The Balaban J connectivity index is 1.53. The van der Waals surface area contributed by atoms with Crippen LogP contribution >= 0.6 is 0 Å². The van der Waals surface area contributed by atoms with E-state index in [1.54, 1.807) is 10.4 Å². The van der Waals surface area contributed by atoms with Crippen molar-refractivity contribution < 1.29 is 0 Å². The summed E-state index contributed by atoms with van der Waals surface area (Å²) in [6.07, 6.45) is 0. The first-order valence-electron chi connectivity index (χ1n) is 11.7. The van der Waals surface area contributed by atoms with E-state index in [-0.39, 0.29) is 0 Å². The van der Waals surface area contributed by atoms with Gasteiger partial charge in [-0.3, -0.25) is 0 Å². The summed E-state index contributed by atoms with van der Waals surface area (Å²) in [5, 5.41) is 8.44. The molecule has 2 heterocycles. The molecule has 1 aromatic heterocycles. The van der Waals surface area contributed by atoms with Crippen LogP contribution in [0.2, 0.25) is 13.1 Å². The highest BCUT2D eigenvalue weighted by atomic mass is 28.3. The van der Waals surface area contributed by atoms with E-state index >= 15 is 0 Å². The summed E-state index contributed by atoms with van der Waals surface area (Å²) in [5.74, 6) is 0. The molecule has 0 unspecified atom stereocenters. The second-order valence-corrected chi connectivity index (χ2v) is 14.2. The molecule has 1 aliphatic rings. The van der Waals surface area contributed by atoms with Gasteiger partial charge in [-0.05, 0) is 43.9 Å². The molecule has 6 aromatic rings. The van der Waals surface area contributed by atoms with Crippen LogP contribution < -0.4 is 10.4 Å². The molecule has 0 radical (unpaired) electrons. The molecule has 0 saturated carbocycles. The zero-order valence-electron chi connectivity index (χ0n) is 19.2. The van der Waals surface area contributed by atoms with Crippen molar-refractivity contribution in [2.45, 2.75) is 13.1 Å². The zero-order valence-corrected chi connectivity index (χ0v) is 20.2. The quantitative estimate of drug-likeness (QED) is 0.244. The van der Waals surface area contributed by atoms with Crippen molar-refractivity contribution in [2.75, 3.05) is 0 Å². The molecule has 7 rings (SSSR count). The fraction of sp³-hybridized carbons (Fsp3) is 0.0968. The van der Waals surface area contributed by atoms with Crippen LogP contribution in [0.25, 0.3) is 54.8 Å². The minimum Gasteiger partial charge on any atom is -0.343 e. The lowest BCUT2D eigenvalue weighted by Gasteiger charge is -2.19. The zero-order chi connectivity index (χ0) is 22.3. The molecule has 0 fully saturated rings. The molecule has 0 saturated heterocycles. The maximum Gasteiger partial charge on any atom is 0.113 e. The van der Waals surface area contributed by atoms with Crippen LogP contribution in [0.1, 0.15) is 0 Å². The van der Waals surface area contributed by atoms with Gasteiger partial charge in [-0.1, -0.05) is 104 Å². The van der Waals surface area contributed by atoms with E-state index < -0.39 is 8.07 Å². The largest absolute Gasteiger partial charge is 0.343 e. The van der Waals surface area contributed by atoms with Crippen molar-refractivity contribution >= 4 is 51.0 Å². The summed E-state index contributed by atoms with van der Waals surface area (Å²) in [6, 6.07) is 36.3. The summed E-state index contributed by atoms with van der Waals surface area (Å²) in [7, 11) is 0.511. The van der Waals surface area contributed by atoms with Crippen molar-refractivity contribution in [1.29, 1.82) is 0 Å². The Hall–Kier alpha value is -3.62. The van der Waals surface area contributed by atoms with Crippen molar-refractivity contribution in [3.8, 4) is 22.3 Å². The molecule has 33 heavy (non-hydrogen) atoms. The van der Waals surface area contributed by atoms with Gasteiger partial charge in [0.1, 0.15) is 8.07 Å². The number of benzene rings is 5. The maximum absolute atomic E-state index is 2.49. The minimum atomic E-state index is -1.70. The minimum absolute atomic E-state index is 1.29. The van der Waals surface area contributed by atoms with Gasteiger partial charge < -0.3 is 4.57 Å². The predicted molar refractivity (Wildman–Crippen MR) is 146 cm³/mol. The van der Waals surface area contributed by atoms with Gasteiger partial charge in [0.25, 0.3) is 0 Å². The van der Waals surface area contributed by atoms with Crippen molar-refractivity contribution in [2.24, 2.45) is 7.05 Å². The lowest BCUT2D eigenvalue weighted by molar-refractivity contribution is 1.02. The number of para-hydroxylation sites is 1. The molecule has 0 aliphatic carbocycles. The summed E-state index contributed by atoms with van der Waals surface area (Å²) in [6.45, 7) is 4.98. The van der Waals surface area contributed by atoms with Crippen LogP contribution in [0.4, 0.5) is 0 Å². The van der Waals surface area contributed by atoms with E-state index in [0.717, 1.165) is 0 Å². The predicted octanol–water partition coefficient (Wildman–Crippen LogP) is 6.95. The Bertz CT molecular complexity index is 1750. The van der Waals surface area contributed by atoms with Crippen LogP contribution in [0.15, 0.2) is 97.1 Å². The van der Waals surface area contributed by atoms with Gasteiger partial charge in [0, 0.05) is 28.9 Å². The van der Waals surface area contributed by atoms with Gasteiger partial charge in [-0.15, -0.1) is 0 Å². The van der Waals surface area contributed by atoms with Crippen LogP contribution in [0.5, 0.6) is 0 Å². The second kappa shape index (κ2) is 6.46. The van der Waals surface area contributed by atoms with Crippen LogP contribution in [0, 0.1) is 0 Å². The molecular weight excluding hydrogens is 414 g/mol. The van der Waals surface area contributed by atoms with Crippen molar-refractivity contribution in [3.05, 3.63) is 97.1 Å². The van der Waals surface area contributed by atoms with E-state index in [0.29, 0.717) is 0 Å². The average Bonchev–Trinajstić information content (AvgIpc) is 3.28. The topological polar surface area (TPSA) is 4.93 Å². The van der Waals surface area contributed by atoms with Crippen LogP contribution in [-0.2, 0) is 7.05 Å². The van der Waals surface area contributed by atoms with Gasteiger partial charge in [0.15, 0.2) is 0 Å². The molecule has 0 atom stereocenters. The number of aromatic nitrogens is 1. The van der Waals surface area contributed by atoms with Crippen LogP contribution in [-0.4, -0.2) is 12.6 Å². The van der Waals surface area contributed by atoms with E-state index in [9.17, 15) is 0 Å². The molecule has 0 N–H and O–H groups in total. The SMILES string of the molecule is Cn1c2ccc3ccccc3c2c2cccc(-c3ccc4c(c3)[Si](C)(C)c3ccccc3-4)c21. The van der Waals surface area contributed by atoms with E-state index in [2.05, 4.69) is 122 Å². The summed E-state index contributed by atoms with van der Waals surface area (Å²) < 4.78 is 2.39. The second-order valence-electron chi connectivity index (χ2n) is 9.87. The molecule has 1 aliphatic heterocycles. The Kier molecular flexibility index (Phi) is 3.70. The Morgan fingerprint density at radius 1 is 0.606 bits per heavy atom. The lowest BCUT2D eigenvalue weighted by Crippen LogP contribution is -2.49. The van der Waals surface area contributed by atoms with E-state index in [4.69, 9.17) is 0 Å². The molecule has 5 aromatic carbocycles. The highest BCUT2D eigenvalue weighted by Crippen LogP contribution is 2.39. The molecule has 2 heteroatoms. The van der Waals surface area contributed by atoms with Gasteiger partial charge in [0.2, 0.25) is 0 Å². The molecule has 0 amide bonds. The van der Waals surface area contributed by atoms with Gasteiger partial charge in [-0.2, -0.15) is 0 Å². The maximum atomic E-state index is 2.49. The number of rotatable bonds is 1. The molecule has 158 valence electrons. The number of fused-ring (bicyclic) bond motifs is 8. The highest BCUT2D eigenvalue weighted by Gasteiger charge is 2.37. The van der Waals surface area contributed by atoms with Crippen molar-refractivity contribution in [1.82, 2.24) is 4.57 Å². The average molecular weight is 440 g/mol. The monoisotopic (exact) mass is 439 g/mol. The molecule has 1 nitrogen and oxygen atoms in total. The third-order valence-corrected chi connectivity index (χ3v) is 11.3. The standard InChI is InChI=1S/C31H25NSi/c1-32-27-18-16-20-9-4-5-10-22(20)30(27)26-13-8-12-23(31(26)32)21-15-17-25-24-11-6-7-14-28(24)33(2,3)29(25)19-21/h4-19H,1-3H3. The van der Waals surface area contributed by atoms with E-state index in [1.165, 1.54) is 54.8 Å². The number of hydrogen-bond donors (Lipinski definition) is 0. The molecule has 0 bridgehead atoms. The highest BCUT2D eigenvalue weighted by molar-refractivity contribution is 7.03. The molecule has 0 spiro atoms. The Labute approximate surface area is 194 Å². The normalized spacial score (nSPS) is 14.2. The summed E-state index contributed by atoms with van der Waals surface area (Å²) >= 11 is 0. The third-order valence-electron chi connectivity index (χ3n) is 7.80. The van der Waals surface area contributed by atoms with Crippen molar-refractivity contribution in [3.63, 3.8) is 0 Å². The first-order chi connectivity index (χ1) is 16.1. The number of hydrogen-bond acceptors (Lipinski definition) is 0. The third kappa shape index (κ3) is 2.42. The van der Waals surface area contributed by atoms with Crippen LogP contribution in [0.3, 0.4) is 0 Å². The first kappa shape index (κ1) is 18.9. The Morgan fingerprint density at radius 2 is 1.33 bits per heavy atom. The Morgan fingerprint density at radius 3 is 2.24 bits per heavy atom. The summed E-state index contributed by atoms with van der Waals surface area (Å²) in [5.41, 5.74) is 8.12. The van der Waals surface area contributed by atoms with E-state index in [1.807, 2.05) is 0 Å². The van der Waals surface area contributed by atoms with Gasteiger partial charge in [0.05, 0.1) is 5.52 Å². The fourth-order valence-electron chi connectivity index (χ4n) is 6.15. The van der Waals surface area contributed by atoms with Gasteiger partial charge in [-0.25, -0.2) is 0 Å². The van der Waals surface area contributed by atoms with Gasteiger partial charge >= 0.3 is 0 Å². The summed E-state index contributed by atoms with van der Waals surface area (Å²) in [4.78, 5) is 0. The smallest absolute Gasteiger partial charge is 0.113 e.